The van der Waals surface area contributed by atoms with E-state index in [4.69, 9.17) is 9.16 Å². The molecule has 0 aliphatic carbocycles. The van der Waals surface area contributed by atoms with Crippen LogP contribution in [0.1, 0.15) is 86.1 Å². The number of amides is 1. The maximum absolute atomic E-state index is 14.5. The molecule has 1 heterocycles. The summed E-state index contributed by atoms with van der Waals surface area (Å²) in [6, 6.07) is 9.57. The number of alkyl halides is 1. The number of likely N-dealkylation sites (tertiary alicyclic amines) is 1. The molecule has 0 spiro atoms. The Bertz CT molecular complexity index is 908. The Morgan fingerprint density at radius 3 is 2.36 bits per heavy atom. The largest absolute Gasteiger partial charge is 0.430 e. The summed E-state index contributed by atoms with van der Waals surface area (Å²) in [4.78, 5) is 27.5. The van der Waals surface area contributed by atoms with Crippen molar-refractivity contribution in [2.45, 2.75) is 130 Å². The van der Waals surface area contributed by atoms with E-state index in [0.717, 1.165) is 18.4 Å². The third-order valence-electron chi connectivity index (χ3n) is 8.81. The van der Waals surface area contributed by atoms with Gasteiger partial charge in [0.15, 0.2) is 8.32 Å². The van der Waals surface area contributed by atoms with Crippen molar-refractivity contribution in [2.24, 2.45) is 11.8 Å². The maximum Gasteiger partial charge on any atom is 0.325 e. The molecule has 0 radical (unpaired) electrons. The lowest BCUT2D eigenvalue weighted by Gasteiger charge is -2.39. The molecule has 0 bridgehead atoms. The molecule has 1 aliphatic heterocycles. The molecule has 6 atom stereocenters. The van der Waals surface area contributed by atoms with Crippen molar-refractivity contribution in [1.29, 1.82) is 0 Å². The summed E-state index contributed by atoms with van der Waals surface area (Å²) in [7, 11) is -2.03. The fourth-order valence-electron chi connectivity index (χ4n) is 5.34. The normalized spacial score (nSPS) is 22.8. The molecule has 6 nitrogen and oxygen atoms in total. The van der Waals surface area contributed by atoms with Crippen LogP contribution in [0.15, 0.2) is 30.3 Å². The van der Waals surface area contributed by atoms with Gasteiger partial charge in [-0.25, -0.2) is 4.39 Å². The van der Waals surface area contributed by atoms with Gasteiger partial charge in [-0.3, -0.25) is 14.5 Å². The van der Waals surface area contributed by atoms with Crippen LogP contribution in [0.2, 0.25) is 18.1 Å². The summed E-state index contributed by atoms with van der Waals surface area (Å²) >= 11 is 0. The van der Waals surface area contributed by atoms with Crippen molar-refractivity contribution in [1.82, 2.24) is 10.2 Å². The lowest BCUT2D eigenvalue weighted by molar-refractivity contribution is -0.164. The highest BCUT2D eigenvalue weighted by atomic mass is 28.4. The fourth-order valence-corrected chi connectivity index (χ4v) is 6.40. The number of ether oxygens (including phenoxy) is 1. The summed E-state index contributed by atoms with van der Waals surface area (Å²) in [5.74, 6) is -0.230. The molecule has 1 N–H and O–H groups in total. The number of nitrogens with zero attached hydrogens (tertiary/aromatic N) is 1. The summed E-state index contributed by atoms with van der Waals surface area (Å²) in [5, 5.41) is 3.14. The molecule has 3 unspecified atom stereocenters. The first-order valence-corrected chi connectivity index (χ1v) is 17.7. The molecule has 1 aromatic rings. The molecular weight excluding hydrogens is 511 g/mol. The molecule has 0 saturated carbocycles. The third kappa shape index (κ3) is 9.68. The predicted octanol–water partition coefficient (Wildman–Crippen LogP) is 6.85. The number of nitrogens with one attached hydrogen (secondary N) is 1. The van der Waals surface area contributed by atoms with E-state index in [0.29, 0.717) is 26.0 Å². The Hall–Kier alpha value is -1.77. The minimum absolute atomic E-state index is 0.00110. The van der Waals surface area contributed by atoms with Crippen LogP contribution in [0, 0.1) is 11.8 Å². The number of esters is 1. The zero-order valence-electron chi connectivity index (χ0n) is 25.8. The average molecular weight is 565 g/mol. The van der Waals surface area contributed by atoms with Crippen molar-refractivity contribution in [2.75, 3.05) is 6.61 Å². The predicted molar refractivity (Wildman–Crippen MR) is 158 cm³/mol. The first-order chi connectivity index (χ1) is 18.2. The SMILES string of the molecule is CCCC(F)OC(=O)[C@H]1C[C@@H](CO[Si](C)(C)C(C)(C)C)[C@@H](CC(CC)C(C)NC(C)=O)N1Cc1ccccc1. The topological polar surface area (TPSA) is 67.9 Å². The molecule has 222 valence electrons. The molecule has 1 saturated heterocycles. The summed E-state index contributed by atoms with van der Waals surface area (Å²) in [6.07, 6.45) is 1.47. The fraction of sp³-hybridized carbons (Fsp3) is 0.742. The smallest absolute Gasteiger partial charge is 0.325 e. The monoisotopic (exact) mass is 564 g/mol. The highest BCUT2D eigenvalue weighted by Gasteiger charge is 2.48. The van der Waals surface area contributed by atoms with Crippen LogP contribution in [0.5, 0.6) is 0 Å². The van der Waals surface area contributed by atoms with E-state index in [1.54, 1.807) is 6.92 Å². The van der Waals surface area contributed by atoms with Crippen molar-refractivity contribution in [3.63, 3.8) is 0 Å². The molecule has 1 amide bonds. The maximum atomic E-state index is 14.5. The minimum atomic E-state index is -2.03. The van der Waals surface area contributed by atoms with Gasteiger partial charge in [0.1, 0.15) is 6.04 Å². The Morgan fingerprint density at radius 2 is 1.82 bits per heavy atom. The number of hydrogen-bond donors (Lipinski definition) is 1. The van der Waals surface area contributed by atoms with E-state index in [2.05, 4.69) is 70.1 Å². The zero-order valence-corrected chi connectivity index (χ0v) is 26.8. The van der Waals surface area contributed by atoms with Crippen LogP contribution in [0.4, 0.5) is 4.39 Å². The average Bonchev–Trinajstić information content (AvgIpc) is 3.17. The van der Waals surface area contributed by atoms with E-state index in [1.165, 1.54) is 0 Å². The number of rotatable bonds is 14. The standard InChI is InChI=1S/C31H53FN2O4Si/c1-10-15-29(32)38-30(36)28-19-26(21-37-39(8,9)31(5,6)7)27(18-25(11-2)22(3)33-23(4)35)34(28)20-24-16-13-12-14-17-24/h12-14,16-17,22,25-29H,10-11,15,18-21H2,1-9H3,(H,33,35)/t22?,25?,26-,27+,28+,29?/m0/s1. The van der Waals surface area contributed by atoms with Crippen LogP contribution in [-0.4, -0.2) is 56.2 Å². The first kappa shape index (κ1) is 33.4. The molecule has 8 heteroatoms. The van der Waals surface area contributed by atoms with E-state index in [1.807, 2.05) is 25.1 Å². The second-order valence-electron chi connectivity index (χ2n) is 12.8. The van der Waals surface area contributed by atoms with Crippen molar-refractivity contribution in [3.8, 4) is 0 Å². The van der Waals surface area contributed by atoms with Gasteiger partial charge < -0.3 is 14.5 Å². The molecule has 1 aliphatic rings. The van der Waals surface area contributed by atoms with Crippen LogP contribution in [-0.2, 0) is 25.3 Å². The minimum Gasteiger partial charge on any atom is -0.430 e. The lowest BCUT2D eigenvalue weighted by atomic mass is 9.86. The quantitative estimate of drug-likeness (QED) is 0.198. The van der Waals surface area contributed by atoms with Crippen molar-refractivity contribution in [3.05, 3.63) is 35.9 Å². The van der Waals surface area contributed by atoms with Crippen molar-refractivity contribution < 1.29 is 23.1 Å². The van der Waals surface area contributed by atoms with Crippen LogP contribution in [0.25, 0.3) is 0 Å². The summed E-state index contributed by atoms with van der Waals surface area (Å²) in [6.45, 7) is 19.9. The second-order valence-corrected chi connectivity index (χ2v) is 17.6. The Kier molecular flexibility index (Phi) is 12.6. The van der Waals surface area contributed by atoms with Gasteiger partial charge >= 0.3 is 5.97 Å². The van der Waals surface area contributed by atoms with E-state index < -0.39 is 26.7 Å². The van der Waals surface area contributed by atoms with Gasteiger partial charge in [0.05, 0.1) is 0 Å². The number of carbonyl (C=O) groups excluding carboxylic acids is 2. The molecule has 1 aromatic carbocycles. The first-order valence-electron chi connectivity index (χ1n) is 14.7. The van der Waals surface area contributed by atoms with Gasteiger partial charge in [0, 0.05) is 38.6 Å². The summed E-state index contributed by atoms with van der Waals surface area (Å²) in [5.41, 5.74) is 1.10. The number of carbonyl (C=O) groups is 2. The molecule has 39 heavy (non-hydrogen) atoms. The Balaban J connectivity index is 2.44. The van der Waals surface area contributed by atoms with E-state index in [-0.39, 0.29) is 41.3 Å². The van der Waals surface area contributed by atoms with Gasteiger partial charge in [-0.05, 0) is 61.7 Å². The molecule has 1 fully saturated rings. The van der Waals surface area contributed by atoms with Gasteiger partial charge in [0.25, 0.3) is 0 Å². The van der Waals surface area contributed by atoms with Gasteiger partial charge in [-0.1, -0.05) is 71.4 Å². The number of hydrogen-bond acceptors (Lipinski definition) is 5. The highest BCUT2D eigenvalue weighted by molar-refractivity contribution is 6.74. The Morgan fingerprint density at radius 1 is 1.18 bits per heavy atom. The number of halogens is 1. The van der Waals surface area contributed by atoms with Crippen LogP contribution < -0.4 is 5.32 Å². The lowest BCUT2D eigenvalue weighted by Crippen LogP contribution is -2.46. The van der Waals surface area contributed by atoms with E-state index >= 15 is 0 Å². The van der Waals surface area contributed by atoms with E-state index in [9.17, 15) is 14.0 Å². The molecule has 0 aromatic heterocycles. The van der Waals surface area contributed by atoms with Gasteiger partial charge in [-0.15, -0.1) is 0 Å². The van der Waals surface area contributed by atoms with Crippen molar-refractivity contribution >= 4 is 20.2 Å². The second kappa shape index (κ2) is 14.7. The summed E-state index contributed by atoms with van der Waals surface area (Å²) < 4.78 is 26.5. The van der Waals surface area contributed by atoms with Gasteiger partial charge in [-0.2, -0.15) is 0 Å². The number of benzene rings is 1. The Labute approximate surface area is 237 Å². The molecule has 2 rings (SSSR count). The highest BCUT2D eigenvalue weighted by Crippen LogP contribution is 2.41. The van der Waals surface area contributed by atoms with Crippen LogP contribution in [0.3, 0.4) is 0 Å². The van der Waals surface area contributed by atoms with Crippen LogP contribution >= 0.6 is 0 Å². The third-order valence-corrected chi connectivity index (χ3v) is 13.3. The van der Waals surface area contributed by atoms with Gasteiger partial charge in [0.2, 0.25) is 12.3 Å². The molecular formula is C31H53FN2O4Si. The zero-order chi connectivity index (χ0) is 29.4.